The number of carbonyl (C=O) groups excluding carboxylic acids is 2. The molecule has 26 heavy (non-hydrogen) atoms. The van der Waals surface area contributed by atoms with Crippen molar-refractivity contribution in [2.45, 2.75) is 64.4 Å². The number of rotatable bonds is 5. The van der Waals surface area contributed by atoms with Crippen molar-refractivity contribution >= 4 is 12.1 Å². The van der Waals surface area contributed by atoms with Crippen LogP contribution in [0.1, 0.15) is 70.5 Å². The summed E-state index contributed by atoms with van der Waals surface area (Å²) in [4.78, 5) is 30.9. The van der Waals surface area contributed by atoms with Crippen LogP contribution >= 0.6 is 0 Å². The number of likely N-dealkylation sites (tertiary alicyclic amines) is 1. The summed E-state index contributed by atoms with van der Waals surface area (Å²) in [7, 11) is 0. The molecule has 8 nitrogen and oxygen atoms in total. The Morgan fingerprint density at radius 2 is 2.04 bits per heavy atom. The highest BCUT2D eigenvalue weighted by molar-refractivity contribution is 5.77. The zero-order valence-corrected chi connectivity index (χ0v) is 15.9. The molecule has 144 valence electrons. The summed E-state index contributed by atoms with van der Waals surface area (Å²) in [6, 6.07) is 0. The molecule has 3 rings (SSSR count). The van der Waals surface area contributed by atoms with Gasteiger partial charge in [-0.1, -0.05) is 5.16 Å². The molecule has 1 aromatic rings. The Morgan fingerprint density at radius 3 is 2.65 bits per heavy atom. The molecule has 1 saturated heterocycles. The van der Waals surface area contributed by atoms with Gasteiger partial charge in [0, 0.05) is 24.9 Å². The molecule has 2 unspecified atom stereocenters. The number of ether oxygens (including phenoxy) is 2. The van der Waals surface area contributed by atoms with E-state index in [1.54, 1.807) is 11.8 Å². The predicted molar refractivity (Wildman–Crippen MR) is 91.6 cm³/mol. The summed E-state index contributed by atoms with van der Waals surface area (Å²) in [6.45, 7) is 8.47. The van der Waals surface area contributed by atoms with Gasteiger partial charge in [-0.05, 0) is 47.0 Å². The topological polar surface area (TPSA) is 94.8 Å². The SMILES string of the molecule is CCOC(=O)C(c1nc(C2CC2)no1)C1CCN(C(=O)OC(C)(C)C)C1. The smallest absolute Gasteiger partial charge is 0.410 e. The van der Waals surface area contributed by atoms with Crippen LogP contribution in [0.25, 0.3) is 0 Å². The van der Waals surface area contributed by atoms with E-state index in [4.69, 9.17) is 14.0 Å². The third-order valence-electron chi connectivity index (χ3n) is 4.55. The Bertz CT molecular complexity index is 662. The lowest BCUT2D eigenvalue weighted by atomic mass is 9.91. The third-order valence-corrected chi connectivity index (χ3v) is 4.55. The summed E-state index contributed by atoms with van der Waals surface area (Å²) in [5.74, 6) is 0.140. The molecule has 0 radical (unpaired) electrons. The standard InChI is InChI=1S/C18H27N3O5/c1-5-24-16(22)13(15-19-14(20-26-15)11-6-7-11)12-8-9-21(10-12)17(23)25-18(2,3)4/h11-13H,5-10H2,1-4H3. The van der Waals surface area contributed by atoms with Crippen LogP contribution < -0.4 is 0 Å². The van der Waals surface area contributed by atoms with E-state index in [9.17, 15) is 9.59 Å². The minimum Gasteiger partial charge on any atom is -0.465 e. The first-order valence-corrected chi connectivity index (χ1v) is 9.26. The molecule has 1 aliphatic carbocycles. The number of carbonyl (C=O) groups is 2. The van der Waals surface area contributed by atoms with Gasteiger partial charge < -0.3 is 18.9 Å². The van der Waals surface area contributed by atoms with Gasteiger partial charge in [-0.2, -0.15) is 4.98 Å². The van der Waals surface area contributed by atoms with Gasteiger partial charge in [0.15, 0.2) is 5.82 Å². The normalized spacial score (nSPS) is 21.5. The summed E-state index contributed by atoms with van der Waals surface area (Å²) in [6.07, 6.45) is 2.40. The van der Waals surface area contributed by atoms with Gasteiger partial charge >= 0.3 is 12.1 Å². The zero-order valence-electron chi connectivity index (χ0n) is 15.9. The Balaban J connectivity index is 1.72. The summed E-state index contributed by atoms with van der Waals surface area (Å²) >= 11 is 0. The Morgan fingerprint density at radius 1 is 1.31 bits per heavy atom. The first kappa shape index (κ1) is 18.7. The van der Waals surface area contributed by atoms with E-state index < -0.39 is 11.5 Å². The molecular weight excluding hydrogens is 338 g/mol. The van der Waals surface area contributed by atoms with E-state index >= 15 is 0 Å². The lowest BCUT2D eigenvalue weighted by Crippen LogP contribution is -2.36. The highest BCUT2D eigenvalue weighted by Gasteiger charge is 2.42. The summed E-state index contributed by atoms with van der Waals surface area (Å²) < 4.78 is 16.0. The maximum Gasteiger partial charge on any atom is 0.410 e. The van der Waals surface area contributed by atoms with Gasteiger partial charge in [0.05, 0.1) is 6.61 Å². The van der Waals surface area contributed by atoms with Gasteiger partial charge in [-0.25, -0.2) is 4.79 Å². The van der Waals surface area contributed by atoms with Crippen LogP contribution in [0.5, 0.6) is 0 Å². The van der Waals surface area contributed by atoms with Crippen LogP contribution in [0.2, 0.25) is 0 Å². The van der Waals surface area contributed by atoms with Crippen LogP contribution in [-0.4, -0.2) is 52.4 Å². The zero-order chi connectivity index (χ0) is 18.9. The molecule has 0 spiro atoms. The molecule has 1 aliphatic heterocycles. The van der Waals surface area contributed by atoms with Crippen molar-refractivity contribution in [2.24, 2.45) is 5.92 Å². The van der Waals surface area contributed by atoms with Crippen molar-refractivity contribution in [1.29, 1.82) is 0 Å². The van der Waals surface area contributed by atoms with Gasteiger partial charge in [0.1, 0.15) is 11.5 Å². The van der Waals surface area contributed by atoms with E-state index in [0.29, 0.717) is 37.1 Å². The average molecular weight is 365 g/mol. The lowest BCUT2D eigenvalue weighted by molar-refractivity contribution is -0.147. The molecule has 1 saturated carbocycles. The number of esters is 1. The van der Waals surface area contributed by atoms with E-state index in [2.05, 4.69) is 10.1 Å². The summed E-state index contributed by atoms with van der Waals surface area (Å²) in [5, 5.41) is 4.02. The van der Waals surface area contributed by atoms with E-state index in [0.717, 1.165) is 12.8 Å². The second kappa shape index (κ2) is 7.25. The van der Waals surface area contributed by atoms with Crippen molar-refractivity contribution in [3.63, 3.8) is 0 Å². The number of aromatic nitrogens is 2. The molecule has 0 bridgehead atoms. The van der Waals surface area contributed by atoms with Crippen molar-refractivity contribution in [3.05, 3.63) is 11.7 Å². The Hall–Kier alpha value is -2.12. The largest absolute Gasteiger partial charge is 0.465 e. The van der Waals surface area contributed by atoms with Crippen LogP contribution in [0.3, 0.4) is 0 Å². The second-order valence-corrected chi connectivity index (χ2v) is 7.97. The fraction of sp³-hybridized carbons (Fsp3) is 0.778. The van der Waals surface area contributed by atoms with Crippen molar-refractivity contribution < 1.29 is 23.6 Å². The van der Waals surface area contributed by atoms with Gasteiger partial charge in [0.25, 0.3) is 0 Å². The maximum atomic E-state index is 12.5. The molecule has 2 fully saturated rings. The first-order chi connectivity index (χ1) is 12.3. The minimum atomic E-state index is -0.651. The van der Waals surface area contributed by atoms with E-state index in [1.165, 1.54) is 0 Å². The van der Waals surface area contributed by atoms with Gasteiger partial charge in [-0.3, -0.25) is 4.79 Å². The van der Waals surface area contributed by atoms with Crippen molar-refractivity contribution in [3.8, 4) is 0 Å². The Labute approximate surface area is 153 Å². The van der Waals surface area contributed by atoms with Crippen LogP contribution in [-0.2, 0) is 14.3 Å². The van der Waals surface area contributed by atoms with Gasteiger partial charge in [0.2, 0.25) is 5.89 Å². The summed E-state index contributed by atoms with van der Waals surface area (Å²) in [5.41, 5.74) is -0.554. The lowest BCUT2D eigenvalue weighted by Gasteiger charge is -2.25. The molecule has 0 N–H and O–H groups in total. The van der Waals surface area contributed by atoms with Crippen molar-refractivity contribution in [2.75, 3.05) is 19.7 Å². The highest BCUT2D eigenvalue weighted by atomic mass is 16.6. The number of amides is 1. The van der Waals surface area contributed by atoms with Crippen LogP contribution in [0, 0.1) is 5.92 Å². The molecule has 2 atom stereocenters. The molecule has 2 aliphatic rings. The average Bonchev–Trinajstić information content (AvgIpc) is 3.08. The molecular formula is C18H27N3O5. The molecule has 8 heteroatoms. The molecule has 1 amide bonds. The predicted octanol–water partition coefficient (Wildman–Crippen LogP) is 2.85. The first-order valence-electron chi connectivity index (χ1n) is 9.26. The van der Waals surface area contributed by atoms with E-state index in [-0.39, 0.29) is 24.6 Å². The molecule has 1 aromatic heterocycles. The quantitative estimate of drug-likeness (QED) is 0.740. The van der Waals surface area contributed by atoms with Crippen molar-refractivity contribution in [1.82, 2.24) is 15.0 Å². The maximum absolute atomic E-state index is 12.5. The monoisotopic (exact) mass is 365 g/mol. The number of hydrogen-bond donors (Lipinski definition) is 0. The fourth-order valence-electron chi connectivity index (χ4n) is 3.16. The molecule has 2 heterocycles. The molecule has 0 aromatic carbocycles. The second-order valence-electron chi connectivity index (χ2n) is 7.97. The number of hydrogen-bond acceptors (Lipinski definition) is 7. The Kier molecular flexibility index (Phi) is 5.20. The third kappa shape index (κ3) is 4.34. The number of nitrogens with zero attached hydrogens (tertiary/aromatic N) is 3. The van der Waals surface area contributed by atoms with Crippen LogP contribution in [0.4, 0.5) is 4.79 Å². The van der Waals surface area contributed by atoms with E-state index in [1.807, 2.05) is 20.8 Å². The minimum absolute atomic E-state index is 0.130. The van der Waals surface area contributed by atoms with Crippen LogP contribution in [0.15, 0.2) is 4.52 Å². The highest BCUT2D eigenvalue weighted by Crippen LogP contribution is 2.40. The fourth-order valence-corrected chi connectivity index (χ4v) is 3.16. The van der Waals surface area contributed by atoms with Gasteiger partial charge in [-0.15, -0.1) is 0 Å².